The fraction of sp³-hybridized carbons (Fsp3) is 0.316. The molecule has 1 aliphatic heterocycles. The van der Waals surface area contributed by atoms with Crippen LogP contribution in [0.4, 0.5) is 5.69 Å². The van der Waals surface area contributed by atoms with Crippen molar-refractivity contribution >= 4 is 17.5 Å². The Hall–Kier alpha value is -4.82. The molecule has 0 spiro atoms. The summed E-state index contributed by atoms with van der Waals surface area (Å²) in [6.07, 6.45) is 1.61. The van der Waals surface area contributed by atoms with Gasteiger partial charge in [0.25, 0.3) is 11.8 Å². The van der Waals surface area contributed by atoms with E-state index in [0.717, 1.165) is 49.3 Å². The first-order valence-electron chi connectivity index (χ1n) is 15.9. The van der Waals surface area contributed by atoms with Gasteiger partial charge in [-0.05, 0) is 60.7 Å². The summed E-state index contributed by atoms with van der Waals surface area (Å²) < 4.78 is 17.3. The molecule has 0 saturated heterocycles. The Balaban J connectivity index is 1.41. The molecular formula is C38H43N3O5. The number of benzene rings is 4. The number of ether oxygens (including phenoxy) is 3. The highest BCUT2D eigenvalue weighted by Crippen LogP contribution is 2.29. The van der Waals surface area contributed by atoms with Crippen molar-refractivity contribution in [3.63, 3.8) is 0 Å². The minimum atomic E-state index is -0.129. The molecule has 4 aromatic rings. The van der Waals surface area contributed by atoms with Crippen LogP contribution in [0.25, 0.3) is 0 Å². The number of amides is 2. The van der Waals surface area contributed by atoms with Crippen LogP contribution in [0.15, 0.2) is 103 Å². The molecule has 1 aliphatic rings. The monoisotopic (exact) mass is 621 g/mol. The van der Waals surface area contributed by atoms with Gasteiger partial charge in [-0.3, -0.25) is 14.5 Å². The molecule has 1 heterocycles. The molecule has 0 fully saturated rings. The Morgan fingerprint density at radius 3 is 2.07 bits per heavy atom. The Labute approximate surface area is 272 Å². The third kappa shape index (κ3) is 8.88. The molecule has 4 aromatic carbocycles. The lowest BCUT2D eigenvalue weighted by atomic mass is 10.0. The number of aryl methyl sites for hydroxylation is 1. The lowest BCUT2D eigenvalue weighted by Crippen LogP contribution is -2.41. The third-order valence-electron chi connectivity index (χ3n) is 8.14. The predicted molar refractivity (Wildman–Crippen MR) is 180 cm³/mol. The highest BCUT2D eigenvalue weighted by Gasteiger charge is 2.25. The molecule has 0 saturated carbocycles. The van der Waals surface area contributed by atoms with Crippen molar-refractivity contribution in [1.29, 1.82) is 0 Å². The van der Waals surface area contributed by atoms with Crippen LogP contribution < -0.4 is 19.1 Å². The molecule has 5 rings (SSSR count). The van der Waals surface area contributed by atoms with Gasteiger partial charge >= 0.3 is 0 Å². The highest BCUT2D eigenvalue weighted by atomic mass is 16.5. The number of hydrogen-bond acceptors (Lipinski definition) is 6. The zero-order chi connectivity index (χ0) is 32.1. The van der Waals surface area contributed by atoms with Gasteiger partial charge < -0.3 is 24.0 Å². The molecule has 8 nitrogen and oxygen atoms in total. The average Bonchev–Trinajstić information content (AvgIpc) is 3.08. The van der Waals surface area contributed by atoms with Crippen LogP contribution in [-0.2, 0) is 22.7 Å². The molecule has 0 aromatic heterocycles. The summed E-state index contributed by atoms with van der Waals surface area (Å²) in [6, 6.07) is 33.1. The first-order chi connectivity index (χ1) is 22.5. The van der Waals surface area contributed by atoms with Crippen molar-refractivity contribution in [2.45, 2.75) is 32.9 Å². The minimum Gasteiger partial charge on any atom is -0.493 e. The fourth-order valence-electron chi connectivity index (χ4n) is 5.85. The second-order valence-electron chi connectivity index (χ2n) is 11.5. The normalized spacial score (nSPS) is 14.4. The fourth-order valence-corrected chi connectivity index (χ4v) is 5.85. The Morgan fingerprint density at radius 1 is 0.674 bits per heavy atom. The van der Waals surface area contributed by atoms with Gasteiger partial charge in [0, 0.05) is 39.3 Å². The Bertz CT molecular complexity index is 1560. The van der Waals surface area contributed by atoms with Crippen molar-refractivity contribution in [2.24, 2.45) is 0 Å². The third-order valence-corrected chi connectivity index (χ3v) is 8.14. The van der Waals surface area contributed by atoms with E-state index in [2.05, 4.69) is 29.2 Å². The summed E-state index contributed by atoms with van der Waals surface area (Å²) >= 11 is 0. The molecule has 46 heavy (non-hydrogen) atoms. The molecule has 8 heteroatoms. The standard InChI is InChI=1S/C38H43N3O5/c1-30-14-11-17-32-27-40(36(42)28-46-35-21-10-9-20-34(35)44-2)24-12-22-39(26-31-15-5-3-6-16-31)23-13-25-41(38(30)32)37(43)29-45-33-18-7-4-8-19-33/h3-11,14-21H,12-13,22-29H2,1-2H3. The summed E-state index contributed by atoms with van der Waals surface area (Å²) in [5.74, 6) is 1.50. The minimum absolute atomic E-state index is 0.0824. The van der Waals surface area contributed by atoms with Crippen LogP contribution in [0.5, 0.6) is 17.2 Å². The van der Waals surface area contributed by atoms with E-state index in [0.29, 0.717) is 36.9 Å². The van der Waals surface area contributed by atoms with E-state index in [9.17, 15) is 9.59 Å². The number of nitrogens with zero attached hydrogens (tertiary/aromatic N) is 3. The number of fused-ring (bicyclic) bond motifs is 1. The number of hydrogen-bond donors (Lipinski definition) is 0. The summed E-state index contributed by atoms with van der Waals surface area (Å²) in [5, 5.41) is 0. The molecule has 0 atom stereocenters. The molecule has 240 valence electrons. The van der Waals surface area contributed by atoms with E-state index in [1.165, 1.54) is 5.56 Å². The SMILES string of the molecule is COc1ccccc1OCC(=O)N1CCCN(Cc2ccccc2)CCCN(C(=O)COc2ccccc2)c2c(C)cccc2C1. The molecule has 0 N–H and O–H groups in total. The number of para-hydroxylation sites is 4. The highest BCUT2D eigenvalue weighted by molar-refractivity contribution is 5.96. The molecule has 0 radical (unpaired) electrons. The van der Waals surface area contributed by atoms with Crippen molar-refractivity contribution in [1.82, 2.24) is 9.80 Å². The van der Waals surface area contributed by atoms with Gasteiger partial charge in [-0.2, -0.15) is 0 Å². The second kappa shape index (κ2) is 16.5. The number of carbonyl (C=O) groups excluding carboxylic acids is 2. The van der Waals surface area contributed by atoms with Crippen LogP contribution in [-0.4, -0.2) is 68.1 Å². The zero-order valence-corrected chi connectivity index (χ0v) is 26.8. The van der Waals surface area contributed by atoms with Gasteiger partial charge in [0.2, 0.25) is 0 Å². The maximum atomic E-state index is 13.9. The maximum Gasteiger partial charge on any atom is 0.264 e. The van der Waals surface area contributed by atoms with Gasteiger partial charge in [0.05, 0.1) is 12.8 Å². The van der Waals surface area contributed by atoms with Gasteiger partial charge in [-0.15, -0.1) is 0 Å². The van der Waals surface area contributed by atoms with Crippen LogP contribution in [0, 0.1) is 6.92 Å². The quantitative estimate of drug-likeness (QED) is 0.224. The van der Waals surface area contributed by atoms with Crippen molar-refractivity contribution in [3.05, 3.63) is 120 Å². The first kappa shape index (κ1) is 32.6. The number of methoxy groups -OCH3 is 1. The second-order valence-corrected chi connectivity index (χ2v) is 11.5. The van der Waals surface area contributed by atoms with Crippen LogP contribution in [0.3, 0.4) is 0 Å². The number of rotatable bonds is 9. The van der Waals surface area contributed by atoms with E-state index in [1.807, 2.05) is 89.5 Å². The zero-order valence-electron chi connectivity index (χ0n) is 26.8. The van der Waals surface area contributed by atoms with Crippen molar-refractivity contribution < 1.29 is 23.8 Å². The van der Waals surface area contributed by atoms with Gasteiger partial charge in [-0.25, -0.2) is 0 Å². The summed E-state index contributed by atoms with van der Waals surface area (Å²) in [4.78, 5) is 33.8. The van der Waals surface area contributed by atoms with Crippen LogP contribution in [0.2, 0.25) is 0 Å². The molecule has 0 aliphatic carbocycles. The maximum absolute atomic E-state index is 13.9. The van der Waals surface area contributed by atoms with E-state index in [1.54, 1.807) is 13.2 Å². The summed E-state index contributed by atoms with van der Waals surface area (Å²) in [5.41, 5.74) is 3.96. The largest absolute Gasteiger partial charge is 0.493 e. The van der Waals surface area contributed by atoms with Gasteiger partial charge in [0.15, 0.2) is 24.7 Å². The molecule has 0 bridgehead atoms. The van der Waals surface area contributed by atoms with E-state index in [-0.39, 0.29) is 25.0 Å². The molecular weight excluding hydrogens is 578 g/mol. The average molecular weight is 622 g/mol. The van der Waals surface area contributed by atoms with Crippen LogP contribution >= 0.6 is 0 Å². The lowest BCUT2D eigenvalue weighted by Gasteiger charge is -2.32. The lowest BCUT2D eigenvalue weighted by molar-refractivity contribution is -0.134. The number of carbonyl (C=O) groups is 2. The first-order valence-corrected chi connectivity index (χ1v) is 15.9. The Kier molecular flexibility index (Phi) is 11.7. The topological polar surface area (TPSA) is 71.6 Å². The summed E-state index contributed by atoms with van der Waals surface area (Å²) in [7, 11) is 1.58. The Morgan fingerprint density at radius 2 is 1.33 bits per heavy atom. The van der Waals surface area contributed by atoms with Crippen LogP contribution in [0.1, 0.15) is 29.5 Å². The smallest absolute Gasteiger partial charge is 0.264 e. The number of anilines is 1. The van der Waals surface area contributed by atoms with E-state index < -0.39 is 0 Å². The predicted octanol–water partition coefficient (Wildman–Crippen LogP) is 6.12. The van der Waals surface area contributed by atoms with Crippen molar-refractivity contribution in [2.75, 3.05) is 51.4 Å². The molecule has 0 unspecified atom stereocenters. The van der Waals surface area contributed by atoms with Crippen molar-refractivity contribution in [3.8, 4) is 17.2 Å². The van der Waals surface area contributed by atoms with E-state index >= 15 is 0 Å². The summed E-state index contributed by atoms with van der Waals surface area (Å²) in [6.45, 7) is 5.68. The van der Waals surface area contributed by atoms with E-state index in [4.69, 9.17) is 14.2 Å². The van der Waals surface area contributed by atoms with Gasteiger partial charge in [-0.1, -0.05) is 78.9 Å². The molecule has 2 amide bonds. The van der Waals surface area contributed by atoms with Gasteiger partial charge in [0.1, 0.15) is 5.75 Å².